The number of halogens is 2. The van der Waals surface area contributed by atoms with Crippen molar-refractivity contribution in [1.82, 2.24) is 4.90 Å². The molecule has 1 amide bonds. The summed E-state index contributed by atoms with van der Waals surface area (Å²) in [7, 11) is 3.29. The molecule has 112 valence electrons. The second-order valence-electron chi connectivity index (χ2n) is 4.68. The maximum atomic E-state index is 12.2. The van der Waals surface area contributed by atoms with E-state index in [1.807, 2.05) is 13.0 Å². The van der Waals surface area contributed by atoms with Crippen LogP contribution in [-0.4, -0.2) is 37.6 Å². The quantitative estimate of drug-likeness (QED) is 0.877. The topological polar surface area (TPSA) is 55.6 Å². The fourth-order valence-electron chi connectivity index (χ4n) is 1.87. The first-order valence-electron chi connectivity index (χ1n) is 6.34. The first kappa shape index (κ1) is 17.2. The van der Waals surface area contributed by atoms with Gasteiger partial charge in [0.1, 0.15) is 0 Å². The van der Waals surface area contributed by atoms with Gasteiger partial charge in [0, 0.05) is 30.8 Å². The molecule has 2 unspecified atom stereocenters. The van der Waals surface area contributed by atoms with Crippen molar-refractivity contribution in [1.29, 1.82) is 0 Å². The van der Waals surface area contributed by atoms with Gasteiger partial charge in [-0.2, -0.15) is 0 Å². The minimum absolute atomic E-state index is 0.138. The number of carbonyl (C=O) groups excluding carboxylic acids is 1. The average Bonchev–Trinajstić information content (AvgIpc) is 2.42. The number of nitrogens with two attached hydrogens (primary N) is 1. The molecule has 20 heavy (non-hydrogen) atoms. The Morgan fingerprint density at radius 3 is 2.65 bits per heavy atom. The SMILES string of the molecule is COCCC(N)C(=O)N(C)C(C)c1ccc(Cl)cc1Cl. The fourth-order valence-corrected chi connectivity index (χ4v) is 2.44. The van der Waals surface area contributed by atoms with E-state index in [4.69, 9.17) is 33.7 Å². The lowest BCUT2D eigenvalue weighted by molar-refractivity contribution is -0.133. The van der Waals surface area contributed by atoms with Crippen LogP contribution in [-0.2, 0) is 9.53 Å². The summed E-state index contributed by atoms with van der Waals surface area (Å²) in [5.74, 6) is -0.138. The molecule has 0 saturated carbocycles. The Hall–Kier alpha value is -0.810. The number of carbonyl (C=O) groups is 1. The second-order valence-corrected chi connectivity index (χ2v) is 5.52. The van der Waals surface area contributed by atoms with E-state index >= 15 is 0 Å². The summed E-state index contributed by atoms with van der Waals surface area (Å²) in [5.41, 5.74) is 6.70. The van der Waals surface area contributed by atoms with Crippen molar-refractivity contribution < 1.29 is 9.53 Å². The van der Waals surface area contributed by atoms with Crippen molar-refractivity contribution >= 4 is 29.1 Å². The molecule has 0 aromatic heterocycles. The molecule has 0 saturated heterocycles. The van der Waals surface area contributed by atoms with E-state index in [9.17, 15) is 4.79 Å². The van der Waals surface area contributed by atoms with Crippen LogP contribution in [0.3, 0.4) is 0 Å². The van der Waals surface area contributed by atoms with Gasteiger partial charge >= 0.3 is 0 Å². The lowest BCUT2D eigenvalue weighted by Gasteiger charge is -2.28. The number of hydrogen-bond donors (Lipinski definition) is 1. The highest BCUT2D eigenvalue weighted by Crippen LogP contribution is 2.29. The summed E-state index contributed by atoms with van der Waals surface area (Å²) >= 11 is 12.0. The third-order valence-corrected chi connectivity index (χ3v) is 3.85. The highest BCUT2D eigenvalue weighted by atomic mass is 35.5. The Morgan fingerprint density at radius 2 is 2.10 bits per heavy atom. The summed E-state index contributed by atoms with van der Waals surface area (Å²) in [6, 6.07) is 4.48. The zero-order chi connectivity index (χ0) is 15.3. The van der Waals surface area contributed by atoms with Gasteiger partial charge in [-0.1, -0.05) is 29.3 Å². The van der Waals surface area contributed by atoms with Crippen LogP contribution in [0.25, 0.3) is 0 Å². The van der Waals surface area contributed by atoms with Crippen LogP contribution in [0.5, 0.6) is 0 Å². The predicted octanol–water partition coefficient (Wildman–Crippen LogP) is 2.88. The normalized spacial score (nSPS) is 13.9. The second kappa shape index (κ2) is 7.84. The van der Waals surface area contributed by atoms with Crippen molar-refractivity contribution in [3.63, 3.8) is 0 Å². The third-order valence-electron chi connectivity index (χ3n) is 3.29. The van der Waals surface area contributed by atoms with Gasteiger partial charge in [-0.3, -0.25) is 4.79 Å². The molecular weight excluding hydrogens is 299 g/mol. The maximum Gasteiger partial charge on any atom is 0.239 e. The van der Waals surface area contributed by atoms with Crippen LogP contribution < -0.4 is 5.73 Å². The van der Waals surface area contributed by atoms with Crippen LogP contribution in [0.4, 0.5) is 0 Å². The van der Waals surface area contributed by atoms with Crippen LogP contribution in [0, 0.1) is 0 Å². The van der Waals surface area contributed by atoms with Gasteiger partial charge in [0.05, 0.1) is 12.1 Å². The Balaban J connectivity index is 2.80. The Labute approximate surface area is 129 Å². The van der Waals surface area contributed by atoms with Crippen molar-refractivity contribution in [2.24, 2.45) is 5.73 Å². The standard InChI is InChI=1S/C14H20Cl2N2O2/c1-9(11-5-4-10(15)8-12(11)16)18(2)14(19)13(17)6-7-20-3/h4-5,8-9,13H,6-7,17H2,1-3H3. The minimum atomic E-state index is -0.575. The number of nitrogens with zero attached hydrogens (tertiary/aromatic N) is 1. The summed E-state index contributed by atoms with van der Waals surface area (Å²) in [6.45, 7) is 2.35. The Kier molecular flexibility index (Phi) is 6.76. The molecule has 0 aliphatic heterocycles. The number of amides is 1. The maximum absolute atomic E-state index is 12.2. The van der Waals surface area contributed by atoms with E-state index < -0.39 is 6.04 Å². The monoisotopic (exact) mass is 318 g/mol. The number of benzene rings is 1. The molecule has 0 radical (unpaired) electrons. The third kappa shape index (κ3) is 4.35. The molecule has 6 heteroatoms. The van der Waals surface area contributed by atoms with E-state index in [0.29, 0.717) is 23.1 Å². The first-order valence-corrected chi connectivity index (χ1v) is 7.10. The largest absolute Gasteiger partial charge is 0.385 e. The van der Waals surface area contributed by atoms with E-state index in [2.05, 4.69) is 0 Å². The first-order chi connectivity index (χ1) is 9.38. The van der Waals surface area contributed by atoms with E-state index in [0.717, 1.165) is 5.56 Å². The Morgan fingerprint density at radius 1 is 1.45 bits per heavy atom. The van der Waals surface area contributed by atoms with Gasteiger partial charge in [-0.15, -0.1) is 0 Å². The lowest BCUT2D eigenvalue weighted by atomic mass is 10.1. The summed E-state index contributed by atoms with van der Waals surface area (Å²) in [4.78, 5) is 13.8. The van der Waals surface area contributed by atoms with Crippen molar-refractivity contribution in [2.45, 2.75) is 25.4 Å². The van der Waals surface area contributed by atoms with Crippen molar-refractivity contribution in [3.8, 4) is 0 Å². The van der Waals surface area contributed by atoms with Crippen LogP contribution in [0.2, 0.25) is 10.0 Å². The number of methoxy groups -OCH3 is 1. The summed E-state index contributed by atoms with van der Waals surface area (Å²) in [5, 5.41) is 1.10. The van der Waals surface area contributed by atoms with Crippen molar-refractivity contribution in [2.75, 3.05) is 20.8 Å². The number of likely N-dealkylation sites (N-methyl/N-ethyl adjacent to an activating group) is 1. The molecule has 4 nitrogen and oxygen atoms in total. The smallest absolute Gasteiger partial charge is 0.239 e. The summed E-state index contributed by atoms with van der Waals surface area (Å²) in [6.07, 6.45) is 0.487. The van der Waals surface area contributed by atoms with Crippen molar-refractivity contribution in [3.05, 3.63) is 33.8 Å². The number of hydrogen-bond acceptors (Lipinski definition) is 3. The van der Waals surface area contributed by atoms with Gasteiger partial charge in [-0.25, -0.2) is 0 Å². The molecule has 0 bridgehead atoms. The van der Waals surface area contributed by atoms with Gasteiger partial charge in [0.15, 0.2) is 0 Å². The molecule has 1 rings (SSSR count). The minimum Gasteiger partial charge on any atom is -0.385 e. The molecule has 0 fully saturated rings. The molecule has 0 aliphatic carbocycles. The fraction of sp³-hybridized carbons (Fsp3) is 0.500. The zero-order valence-electron chi connectivity index (χ0n) is 11.9. The van der Waals surface area contributed by atoms with E-state index in [-0.39, 0.29) is 11.9 Å². The molecule has 0 heterocycles. The van der Waals surface area contributed by atoms with Gasteiger partial charge < -0.3 is 15.4 Å². The molecule has 0 aliphatic rings. The summed E-state index contributed by atoms with van der Waals surface area (Å²) < 4.78 is 4.93. The molecule has 2 atom stereocenters. The number of ether oxygens (including phenoxy) is 1. The molecular formula is C14H20Cl2N2O2. The number of rotatable bonds is 6. The van der Waals surface area contributed by atoms with Gasteiger partial charge in [0.25, 0.3) is 0 Å². The predicted molar refractivity (Wildman–Crippen MR) is 82.1 cm³/mol. The van der Waals surface area contributed by atoms with Gasteiger partial charge in [-0.05, 0) is 31.0 Å². The van der Waals surface area contributed by atoms with E-state index in [1.165, 1.54) is 0 Å². The van der Waals surface area contributed by atoms with Crippen LogP contribution >= 0.6 is 23.2 Å². The Bertz CT molecular complexity index is 468. The molecule has 1 aromatic carbocycles. The average molecular weight is 319 g/mol. The highest BCUT2D eigenvalue weighted by Gasteiger charge is 2.24. The zero-order valence-corrected chi connectivity index (χ0v) is 13.4. The molecule has 1 aromatic rings. The molecule has 2 N–H and O–H groups in total. The highest BCUT2D eigenvalue weighted by molar-refractivity contribution is 6.35. The lowest BCUT2D eigenvalue weighted by Crippen LogP contribution is -2.43. The van der Waals surface area contributed by atoms with Crippen LogP contribution in [0.15, 0.2) is 18.2 Å². The van der Waals surface area contributed by atoms with Gasteiger partial charge in [0.2, 0.25) is 5.91 Å². The van der Waals surface area contributed by atoms with E-state index in [1.54, 1.807) is 31.2 Å². The molecule has 0 spiro atoms. The van der Waals surface area contributed by atoms with Crippen LogP contribution in [0.1, 0.15) is 24.9 Å².